The van der Waals surface area contributed by atoms with Crippen LogP contribution < -0.4 is 0 Å². The quantitative estimate of drug-likeness (QED) is 0.680. The Morgan fingerprint density at radius 3 is 2.72 bits per heavy atom. The second-order valence-corrected chi connectivity index (χ2v) is 4.47. The first-order valence-electron chi connectivity index (χ1n) is 5.61. The molecule has 1 heterocycles. The Morgan fingerprint density at radius 2 is 2.11 bits per heavy atom. The van der Waals surface area contributed by atoms with Gasteiger partial charge in [-0.25, -0.2) is 9.78 Å². The Bertz CT molecular complexity index is 534. The molecule has 4 nitrogen and oxygen atoms in total. The molecule has 0 aliphatic heterocycles. The van der Waals surface area contributed by atoms with Gasteiger partial charge in [-0.05, 0) is 30.9 Å². The fraction of sp³-hybridized carbons (Fsp3) is 0.231. The number of imidazole rings is 1. The van der Waals surface area contributed by atoms with Crippen molar-refractivity contribution < 1.29 is 9.53 Å². The molecule has 1 aromatic carbocycles. The first-order valence-corrected chi connectivity index (χ1v) is 6.83. The van der Waals surface area contributed by atoms with E-state index in [1.54, 1.807) is 24.9 Å². The summed E-state index contributed by atoms with van der Waals surface area (Å²) in [6.45, 7) is 2.11. The van der Waals surface area contributed by atoms with Crippen LogP contribution in [0.4, 0.5) is 0 Å². The molecule has 0 saturated carbocycles. The largest absolute Gasteiger partial charge is 0.460 e. The Kier molecular flexibility index (Phi) is 4.04. The van der Waals surface area contributed by atoms with Crippen LogP contribution in [-0.2, 0) is 4.74 Å². The summed E-state index contributed by atoms with van der Waals surface area (Å²) in [5.41, 5.74) is 1.81. The van der Waals surface area contributed by atoms with Gasteiger partial charge >= 0.3 is 5.97 Å². The summed E-state index contributed by atoms with van der Waals surface area (Å²) in [5.74, 6) is -0.190. The van der Waals surface area contributed by atoms with Gasteiger partial charge in [0, 0.05) is 4.90 Å². The van der Waals surface area contributed by atoms with Gasteiger partial charge in [-0.15, -0.1) is 11.8 Å². The highest BCUT2D eigenvalue weighted by molar-refractivity contribution is 7.98. The third kappa shape index (κ3) is 2.73. The van der Waals surface area contributed by atoms with E-state index in [1.165, 1.54) is 4.90 Å². The number of nitrogens with zero attached hydrogens (tertiary/aromatic N) is 1. The average molecular weight is 262 g/mol. The molecule has 94 valence electrons. The van der Waals surface area contributed by atoms with Crippen LogP contribution in [0, 0.1) is 0 Å². The number of esters is 1. The zero-order valence-electron chi connectivity index (χ0n) is 10.3. The molecular weight excluding hydrogens is 248 g/mol. The average Bonchev–Trinajstić information content (AvgIpc) is 2.89. The summed E-state index contributed by atoms with van der Waals surface area (Å²) < 4.78 is 4.88. The summed E-state index contributed by atoms with van der Waals surface area (Å²) in [7, 11) is 0. The van der Waals surface area contributed by atoms with E-state index in [4.69, 9.17) is 4.74 Å². The first-order chi connectivity index (χ1) is 8.74. The third-order valence-corrected chi connectivity index (χ3v) is 3.19. The number of H-pyrrole nitrogens is 1. The predicted molar refractivity (Wildman–Crippen MR) is 71.8 cm³/mol. The molecule has 0 aliphatic carbocycles. The predicted octanol–water partition coefficient (Wildman–Crippen LogP) is 2.98. The summed E-state index contributed by atoms with van der Waals surface area (Å²) in [6, 6.07) is 8.05. The number of aromatic amines is 1. The van der Waals surface area contributed by atoms with Crippen molar-refractivity contribution in [2.75, 3.05) is 12.9 Å². The van der Waals surface area contributed by atoms with Gasteiger partial charge in [-0.2, -0.15) is 0 Å². The molecule has 0 radical (unpaired) electrons. The molecule has 18 heavy (non-hydrogen) atoms. The van der Waals surface area contributed by atoms with E-state index in [-0.39, 0.29) is 5.82 Å². The lowest BCUT2D eigenvalue weighted by atomic mass is 10.2. The summed E-state index contributed by atoms with van der Waals surface area (Å²) in [4.78, 5) is 19.6. The van der Waals surface area contributed by atoms with Crippen LogP contribution in [0.2, 0.25) is 0 Å². The van der Waals surface area contributed by atoms with E-state index >= 15 is 0 Å². The van der Waals surface area contributed by atoms with E-state index in [0.717, 1.165) is 11.3 Å². The molecule has 0 aliphatic rings. The van der Waals surface area contributed by atoms with Gasteiger partial charge in [0.15, 0.2) is 0 Å². The van der Waals surface area contributed by atoms with Crippen molar-refractivity contribution >= 4 is 17.7 Å². The van der Waals surface area contributed by atoms with Crippen molar-refractivity contribution in [3.05, 3.63) is 36.3 Å². The number of hydrogen-bond acceptors (Lipinski definition) is 4. The lowest BCUT2D eigenvalue weighted by Gasteiger charge is -2.00. The maximum absolute atomic E-state index is 11.5. The van der Waals surface area contributed by atoms with Crippen molar-refractivity contribution in [3.8, 4) is 11.3 Å². The SMILES string of the molecule is CCOC(=O)c1ncc(-c2ccc(SC)cc2)[nH]1. The van der Waals surface area contributed by atoms with Gasteiger partial charge in [0.25, 0.3) is 0 Å². The zero-order chi connectivity index (χ0) is 13.0. The molecule has 1 N–H and O–H groups in total. The number of carbonyl (C=O) groups is 1. The number of aromatic nitrogens is 2. The number of rotatable bonds is 4. The molecule has 0 amide bonds. The van der Waals surface area contributed by atoms with Crippen molar-refractivity contribution in [3.63, 3.8) is 0 Å². The van der Waals surface area contributed by atoms with Crippen LogP contribution in [0.5, 0.6) is 0 Å². The van der Waals surface area contributed by atoms with E-state index in [2.05, 4.69) is 9.97 Å². The van der Waals surface area contributed by atoms with Gasteiger partial charge in [0.05, 0.1) is 18.5 Å². The van der Waals surface area contributed by atoms with Crippen LogP contribution >= 0.6 is 11.8 Å². The number of thioether (sulfide) groups is 1. The monoisotopic (exact) mass is 262 g/mol. The lowest BCUT2D eigenvalue weighted by molar-refractivity contribution is 0.0513. The molecule has 2 rings (SSSR count). The van der Waals surface area contributed by atoms with Crippen LogP contribution in [-0.4, -0.2) is 28.8 Å². The highest BCUT2D eigenvalue weighted by atomic mass is 32.2. The molecule has 0 atom stereocenters. The zero-order valence-corrected chi connectivity index (χ0v) is 11.1. The lowest BCUT2D eigenvalue weighted by Crippen LogP contribution is -2.06. The van der Waals surface area contributed by atoms with E-state index < -0.39 is 5.97 Å². The van der Waals surface area contributed by atoms with Crippen molar-refractivity contribution in [1.29, 1.82) is 0 Å². The molecule has 1 aromatic heterocycles. The van der Waals surface area contributed by atoms with Crippen molar-refractivity contribution in [2.24, 2.45) is 0 Å². The molecular formula is C13H14N2O2S. The van der Waals surface area contributed by atoms with Crippen molar-refractivity contribution in [1.82, 2.24) is 9.97 Å². The minimum atomic E-state index is -0.426. The number of nitrogens with one attached hydrogen (secondary N) is 1. The summed E-state index contributed by atoms with van der Waals surface area (Å²) in [5, 5.41) is 0. The number of ether oxygens (including phenoxy) is 1. The van der Waals surface area contributed by atoms with Gasteiger partial charge in [-0.3, -0.25) is 0 Å². The minimum absolute atomic E-state index is 0.237. The highest BCUT2D eigenvalue weighted by Crippen LogP contribution is 2.21. The van der Waals surface area contributed by atoms with Gasteiger partial charge < -0.3 is 9.72 Å². The Balaban J connectivity index is 2.20. The van der Waals surface area contributed by atoms with Gasteiger partial charge in [0.2, 0.25) is 5.82 Å². The maximum Gasteiger partial charge on any atom is 0.374 e. The van der Waals surface area contributed by atoms with E-state index in [1.807, 2.05) is 30.5 Å². The smallest absolute Gasteiger partial charge is 0.374 e. The third-order valence-electron chi connectivity index (χ3n) is 2.45. The standard InChI is InChI=1S/C13H14N2O2S/c1-3-17-13(16)12-14-8-11(15-12)9-4-6-10(18-2)7-5-9/h4-8H,3H2,1-2H3,(H,14,15). The Labute approximate surface area is 110 Å². The van der Waals surface area contributed by atoms with Crippen LogP contribution in [0.15, 0.2) is 35.4 Å². The fourth-order valence-electron chi connectivity index (χ4n) is 1.54. The number of hydrogen-bond donors (Lipinski definition) is 1. The fourth-order valence-corrected chi connectivity index (χ4v) is 1.95. The van der Waals surface area contributed by atoms with E-state index in [9.17, 15) is 4.79 Å². The highest BCUT2D eigenvalue weighted by Gasteiger charge is 2.11. The molecule has 0 spiro atoms. The second-order valence-electron chi connectivity index (χ2n) is 3.59. The molecule has 5 heteroatoms. The molecule has 0 saturated heterocycles. The van der Waals surface area contributed by atoms with Crippen molar-refractivity contribution in [2.45, 2.75) is 11.8 Å². The molecule has 0 unspecified atom stereocenters. The topological polar surface area (TPSA) is 55.0 Å². The summed E-state index contributed by atoms with van der Waals surface area (Å²) in [6.07, 6.45) is 3.67. The minimum Gasteiger partial charge on any atom is -0.460 e. The normalized spacial score (nSPS) is 10.3. The molecule has 2 aromatic rings. The maximum atomic E-state index is 11.5. The first kappa shape index (κ1) is 12.7. The van der Waals surface area contributed by atoms with Crippen LogP contribution in [0.1, 0.15) is 17.5 Å². The summed E-state index contributed by atoms with van der Waals surface area (Å²) >= 11 is 1.69. The molecule has 0 fully saturated rings. The van der Waals surface area contributed by atoms with Gasteiger partial charge in [0.1, 0.15) is 0 Å². The Hall–Kier alpha value is -1.75. The van der Waals surface area contributed by atoms with E-state index in [0.29, 0.717) is 6.61 Å². The Morgan fingerprint density at radius 1 is 1.39 bits per heavy atom. The van der Waals surface area contributed by atoms with Gasteiger partial charge in [-0.1, -0.05) is 12.1 Å². The number of benzene rings is 1. The second kappa shape index (κ2) is 5.73. The van der Waals surface area contributed by atoms with Crippen LogP contribution in [0.3, 0.4) is 0 Å². The number of carbonyl (C=O) groups excluding carboxylic acids is 1. The van der Waals surface area contributed by atoms with Crippen LogP contribution in [0.25, 0.3) is 11.3 Å². The molecule has 0 bridgehead atoms.